The van der Waals surface area contributed by atoms with E-state index in [0.29, 0.717) is 6.04 Å². The second-order valence-corrected chi connectivity index (χ2v) is 6.66. The van der Waals surface area contributed by atoms with Crippen molar-refractivity contribution in [3.8, 4) is 0 Å². The Hall–Kier alpha value is -0.820. The Morgan fingerprint density at radius 1 is 1.21 bits per heavy atom. The van der Waals surface area contributed by atoms with Gasteiger partial charge >= 0.3 is 0 Å². The Kier molecular flexibility index (Phi) is 4.35. The van der Waals surface area contributed by atoms with Crippen LogP contribution in [-0.4, -0.2) is 6.04 Å². The van der Waals surface area contributed by atoms with E-state index in [2.05, 4.69) is 45.9 Å². The lowest BCUT2D eigenvalue weighted by Gasteiger charge is -2.48. The summed E-state index contributed by atoms with van der Waals surface area (Å²) in [4.78, 5) is 0. The highest BCUT2D eigenvalue weighted by molar-refractivity contribution is 5.37. The first-order chi connectivity index (χ1) is 8.99. The fourth-order valence-electron chi connectivity index (χ4n) is 3.31. The van der Waals surface area contributed by atoms with Crippen LogP contribution >= 0.6 is 0 Å². The molecular formula is C18H29N. The van der Waals surface area contributed by atoms with Crippen LogP contribution in [0, 0.1) is 19.8 Å². The average Bonchev–Trinajstić information content (AvgIpc) is 2.32. The summed E-state index contributed by atoms with van der Waals surface area (Å²) in [5, 5.41) is 0. The smallest absolute Gasteiger partial charge is 0.0139 e. The summed E-state index contributed by atoms with van der Waals surface area (Å²) in [5.74, 6) is 0.735. The van der Waals surface area contributed by atoms with Gasteiger partial charge in [0.15, 0.2) is 0 Å². The third-order valence-electron chi connectivity index (χ3n) is 5.39. The molecule has 1 nitrogen and oxygen atoms in total. The molecule has 1 heteroatoms. The van der Waals surface area contributed by atoms with E-state index >= 15 is 0 Å². The molecule has 1 saturated carbocycles. The molecule has 1 aromatic carbocycles. The molecule has 0 aromatic heterocycles. The van der Waals surface area contributed by atoms with Gasteiger partial charge < -0.3 is 5.73 Å². The summed E-state index contributed by atoms with van der Waals surface area (Å²) < 4.78 is 0. The normalized spacial score (nSPS) is 20.7. The molecule has 0 spiro atoms. The summed E-state index contributed by atoms with van der Waals surface area (Å²) in [5.41, 5.74) is 11.1. The van der Waals surface area contributed by atoms with E-state index in [1.807, 2.05) is 0 Å². The van der Waals surface area contributed by atoms with Crippen LogP contribution in [0.1, 0.15) is 62.6 Å². The van der Waals surface area contributed by atoms with Crippen LogP contribution in [0.4, 0.5) is 0 Å². The first-order valence-electron chi connectivity index (χ1n) is 7.83. The molecule has 0 heterocycles. The van der Waals surface area contributed by atoms with Crippen LogP contribution in [-0.2, 0) is 5.41 Å². The molecule has 2 N–H and O–H groups in total. The summed E-state index contributed by atoms with van der Waals surface area (Å²) in [6.07, 6.45) is 6.27. The molecule has 19 heavy (non-hydrogen) atoms. The fraction of sp³-hybridized carbons (Fsp3) is 0.667. The largest absolute Gasteiger partial charge is 0.327 e. The summed E-state index contributed by atoms with van der Waals surface area (Å²) in [6.45, 7) is 8.99. The maximum atomic E-state index is 6.61. The van der Waals surface area contributed by atoms with Gasteiger partial charge in [0.05, 0.1) is 0 Å². The van der Waals surface area contributed by atoms with Crippen molar-refractivity contribution in [3.05, 3.63) is 34.9 Å². The SMILES string of the molecule is CCC(C)CC(N)C1(c2ccc(C)c(C)c2)CCC1. The first-order valence-corrected chi connectivity index (χ1v) is 7.83. The summed E-state index contributed by atoms with van der Waals surface area (Å²) in [7, 11) is 0. The molecule has 0 aliphatic heterocycles. The molecule has 2 rings (SSSR count). The quantitative estimate of drug-likeness (QED) is 0.828. The zero-order chi connectivity index (χ0) is 14.0. The van der Waals surface area contributed by atoms with Crippen molar-refractivity contribution in [3.63, 3.8) is 0 Å². The Labute approximate surface area is 118 Å². The fourth-order valence-corrected chi connectivity index (χ4v) is 3.31. The Morgan fingerprint density at radius 2 is 1.89 bits per heavy atom. The van der Waals surface area contributed by atoms with Crippen molar-refractivity contribution in [1.29, 1.82) is 0 Å². The van der Waals surface area contributed by atoms with Crippen molar-refractivity contribution in [2.24, 2.45) is 11.7 Å². The van der Waals surface area contributed by atoms with Crippen LogP contribution < -0.4 is 5.73 Å². The van der Waals surface area contributed by atoms with E-state index in [0.717, 1.165) is 12.3 Å². The minimum Gasteiger partial charge on any atom is -0.327 e. The van der Waals surface area contributed by atoms with E-state index in [9.17, 15) is 0 Å². The highest BCUT2D eigenvalue weighted by Gasteiger charge is 2.43. The van der Waals surface area contributed by atoms with Gasteiger partial charge in [-0.15, -0.1) is 0 Å². The highest BCUT2D eigenvalue weighted by Crippen LogP contribution is 2.47. The number of nitrogens with two attached hydrogens (primary N) is 1. The van der Waals surface area contributed by atoms with Crippen LogP contribution in [0.2, 0.25) is 0 Å². The average molecular weight is 259 g/mol. The van der Waals surface area contributed by atoms with Crippen molar-refractivity contribution >= 4 is 0 Å². The monoisotopic (exact) mass is 259 g/mol. The minimum absolute atomic E-state index is 0.266. The topological polar surface area (TPSA) is 26.0 Å². The molecule has 0 amide bonds. The standard InChI is InChI=1S/C18H29N/c1-5-13(2)11-17(19)18(9-6-10-18)16-8-7-14(3)15(4)12-16/h7-8,12-13,17H,5-6,9-11,19H2,1-4H3. The van der Waals surface area contributed by atoms with Gasteiger partial charge in [0.1, 0.15) is 0 Å². The highest BCUT2D eigenvalue weighted by atomic mass is 14.7. The summed E-state index contributed by atoms with van der Waals surface area (Å²) >= 11 is 0. The molecule has 106 valence electrons. The van der Waals surface area contributed by atoms with E-state index in [1.165, 1.54) is 42.4 Å². The van der Waals surface area contributed by atoms with Gasteiger partial charge in [0.25, 0.3) is 0 Å². The number of rotatable bonds is 5. The molecule has 0 radical (unpaired) electrons. The van der Waals surface area contributed by atoms with Gasteiger partial charge in [0, 0.05) is 11.5 Å². The van der Waals surface area contributed by atoms with E-state index < -0.39 is 0 Å². The Bertz CT molecular complexity index is 431. The molecule has 1 aliphatic rings. The van der Waals surface area contributed by atoms with E-state index in [-0.39, 0.29) is 5.41 Å². The van der Waals surface area contributed by atoms with Gasteiger partial charge in [-0.1, -0.05) is 44.9 Å². The van der Waals surface area contributed by atoms with Crippen LogP contribution in [0.5, 0.6) is 0 Å². The van der Waals surface area contributed by atoms with E-state index in [4.69, 9.17) is 5.73 Å². The summed E-state index contributed by atoms with van der Waals surface area (Å²) in [6, 6.07) is 7.28. The van der Waals surface area contributed by atoms with Crippen molar-refractivity contribution in [2.45, 2.75) is 71.3 Å². The Morgan fingerprint density at radius 3 is 2.37 bits per heavy atom. The van der Waals surface area contributed by atoms with Crippen molar-refractivity contribution < 1.29 is 0 Å². The van der Waals surface area contributed by atoms with Crippen molar-refractivity contribution in [1.82, 2.24) is 0 Å². The molecule has 0 bridgehead atoms. The van der Waals surface area contributed by atoms with Gasteiger partial charge in [-0.25, -0.2) is 0 Å². The number of hydrogen-bond donors (Lipinski definition) is 1. The number of benzene rings is 1. The third kappa shape index (κ3) is 2.72. The predicted octanol–water partition coefficient (Wildman–Crippen LogP) is 4.49. The van der Waals surface area contributed by atoms with Gasteiger partial charge in [-0.3, -0.25) is 0 Å². The minimum atomic E-state index is 0.266. The molecule has 2 unspecified atom stereocenters. The molecule has 1 aromatic rings. The van der Waals surface area contributed by atoms with Crippen LogP contribution in [0.3, 0.4) is 0 Å². The van der Waals surface area contributed by atoms with Crippen LogP contribution in [0.25, 0.3) is 0 Å². The zero-order valence-corrected chi connectivity index (χ0v) is 13.0. The molecule has 2 atom stereocenters. The second-order valence-electron chi connectivity index (χ2n) is 6.66. The van der Waals surface area contributed by atoms with E-state index in [1.54, 1.807) is 0 Å². The zero-order valence-electron chi connectivity index (χ0n) is 13.0. The maximum Gasteiger partial charge on any atom is 0.0139 e. The molecular weight excluding hydrogens is 230 g/mol. The van der Waals surface area contributed by atoms with Crippen molar-refractivity contribution in [2.75, 3.05) is 0 Å². The predicted molar refractivity (Wildman–Crippen MR) is 83.5 cm³/mol. The first kappa shape index (κ1) is 14.6. The lowest BCUT2D eigenvalue weighted by atomic mass is 9.59. The lowest BCUT2D eigenvalue weighted by Crippen LogP contribution is -2.51. The molecule has 1 aliphatic carbocycles. The lowest BCUT2D eigenvalue weighted by molar-refractivity contribution is 0.175. The van der Waals surface area contributed by atoms with Gasteiger partial charge in [-0.05, 0) is 55.7 Å². The van der Waals surface area contributed by atoms with Crippen LogP contribution in [0.15, 0.2) is 18.2 Å². The van der Waals surface area contributed by atoms with Gasteiger partial charge in [-0.2, -0.15) is 0 Å². The maximum absolute atomic E-state index is 6.61. The number of hydrogen-bond acceptors (Lipinski definition) is 1. The third-order valence-corrected chi connectivity index (χ3v) is 5.39. The number of aryl methyl sites for hydroxylation is 2. The molecule has 0 saturated heterocycles. The van der Waals surface area contributed by atoms with Gasteiger partial charge in [0.2, 0.25) is 0 Å². The Balaban J connectivity index is 2.24. The second kappa shape index (κ2) is 5.66. The molecule has 1 fully saturated rings.